The minimum absolute atomic E-state index is 0.0809. The molecule has 1 unspecified atom stereocenters. The Morgan fingerprint density at radius 1 is 1.35 bits per heavy atom. The second-order valence-corrected chi connectivity index (χ2v) is 5.13. The van der Waals surface area contributed by atoms with Crippen molar-refractivity contribution in [3.8, 4) is 5.75 Å². The molecule has 0 radical (unpaired) electrons. The first-order valence-corrected chi connectivity index (χ1v) is 7.09. The Morgan fingerprint density at radius 3 is 2.70 bits per heavy atom. The average molecular weight is 315 g/mol. The van der Waals surface area contributed by atoms with Crippen LogP contribution in [0.4, 0.5) is 0 Å². The molecule has 2 aromatic rings. The van der Waals surface area contributed by atoms with Gasteiger partial charge >= 0.3 is 0 Å². The zero-order chi connectivity index (χ0) is 14.5. The van der Waals surface area contributed by atoms with Gasteiger partial charge in [0.05, 0.1) is 34.5 Å². The molecular weight excluding hydrogens is 299 g/mol. The molecule has 2 N–H and O–H groups in total. The molecule has 0 fully saturated rings. The third-order valence-electron chi connectivity index (χ3n) is 2.86. The Labute approximate surface area is 127 Å². The molecule has 0 amide bonds. The standard InChI is InChI=1S/C13H16Cl2N4O/c1-2-11(16)12-8-19(18-17-12)6-7-20-13-9(14)4-3-5-10(13)15/h3-5,8,11H,2,6-7,16H2,1H3. The molecule has 0 spiro atoms. The Bertz CT molecular complexity index is 553. The predicted molar refractivity (Wildman–Crippen MR) is 79.2 cm³/mol. The van der Waals surface area contributed by atoms with Gasteiger partial charge in [-0.1, -0.05) is 41.4 Å². The number of benzene rings is 1. The van der Waals surface area contributed by atoms with Crippen molar-refractivity contribution in [2.75, 3.05) is 6.61 Å². The van der Waals surface area contributed by atoms with Crippen molar-refractivity contribution in [2.24, 2.45) is 5.73 Å². The van der Waals surface area contributed by atoms with Gasteiger partial charge in [0.15, 0.2) is 5.75 Å². The van der Waals surface area contributed by atoms with Gasteiger partial charge < -0.3 is 10.5 Å². The van der Waals surface area contributed by atoms with Gasteiger partial charge in [0, 0.05) is 0 Å². The maximum atomic E-state index is 6.01. The van der Waals surface area contributed by atoms with E-state index in [1.165, 1.54) is 0 Å². The summed E-state index contributed by atoms with van der Waals surface area (Å²) in [7, 11) is 0. The molecule has 1 aromatic carbocycles. The Balaban J connectivity index is 1.91. The molecule has 0 saturated heterocycles. The van der Waals surface area contributed by atoms with E-state index in [1.54, 1.807) is 22.9 Å². The lowest BCUT2D eigenvalue weighted by Crippen LogP contribution is -2.10. The molecule has 0 aliphatic rings. The van der Waals surface area contributed by atoms with Crippen molar-refractivity contribution in [3.63, 3.8) is 0 Å². The third kappa shape index (κ3) is 3.62. The molecule has 108 valence electrons. The zero-order valence-corrected chi connectivity index (χ0v) is 12.6. The second-order valence-electron chi connectivity index (χ2n) is 4.32. The molecular formula is C13H16Cl2N4O. The molecule has 2 rings (SSSR count). The number of halogens is 2. The summed E-state index contributed by atoms with van der Waals surface area (Å²) in [5.74, 6) is 0.487. The molecule has 1 aromatic heterocycles. The van der Waals surface area contributed by atoms with Crippen LogP contribution < -0.4 is 10.5 Å². The molecule has 0 saturated carbocycles. The predicted octanol–water partition coefficient (Wildman–Crippen LogP) is 3.07. The highest BCUT2D eigenvalue weighted by atomic mass is 35.5. The Morgan fingerprint density at radius 2 is 2.05 bits per heavy atom. The van der Waals surface area contributed by atoms with Gasteiger partial charge in [-0.2, -0.15) is 0 Å². The maximum Gasteiger partial charge on any atom is 0.156 e. The molecule has 0 aliphatic heterocycles. The van der Waals surface area contributed by atoms with Crippen LogP contribution in [0.3, 0.4) is 0 Å². The number of rotatable bonds is 6. The van der Waals surface area contributed by atoms with Crippen LogP contribution in [0.1, 0.15) is 25.1 Å². The van der Waals surface area contributed by atoms with Gasteiger partial charge in [-0.25, -0.2) is 4.68 Å². The number of hydrogen-bond acceptors (Lipinski definition) is 4. The molecule has 5 nitrogen and oxygen atoms in total. The fraction of sp³-hybridized carbons (Fsp3) is 0.385. The monoisotopic (exact) mass is 314 g/mol. The molecule has 1 heterocycles. The van der Waals surface area contributed by atoms with Gasteiger partial charge in [0.2, 0.25) is 0 Å². The van der Waals surface area contributed by atoms with Crippen molar-refractivity contribution in [3.05, 3.63) is 40.1 Å². The summed E-state index contributed by atoms with van der Waals surface area (Å²) in [4.78, 5) is 0. The summed E-state index contributed by atoms with van der Waals surface area (Å²) in [6.45, 7) is 2.95. The first-order valence-electron chi connectivity index (χ1n) is 6.34. The normalized spacial score (nSPS) is 12.4. The number of nitrogens with zero attached hydrogens (tertiary/aromatic N) is 3. The van der Waals surface area contributed by atoms with Crippen molar-refractivity contribution in [2.45, 2.75) is 25.9 Å². The van der Waals surface area contributed by atoms with Crippen molar-refractivity contribution < 1.29 is 4.74 Å². The van der Waals surface area contributed by atoms with Crippen molar-refractivity contribution in [1.82, 2.24) is 15.0 Å². The molecule has 0 bridgehead atoms. The summed E-state index contributed by atoms with van der Waals surface area (Å²) in [6.07, 6.45) is 2.65. The van der Waals surface area contributed by atoms with E-state index in [-0.39, 0.29) is 6.04 Å². The Hall–Kier alpha value is -1.30. The molecule has 7 heteroatoms. The molecule has 0 aliphatic carbocycles. The van der Waals surface area contributed by atoms with Crippen LogP contribution in [0.25, 0.3) is 0 Å². The number of ether oxygens (including phenoxy) is 1. The largest absolute Gasteiger partial charge is 0.489 e. The first kappa shape index (κ1) is 15.1. The lowest BCUT2D eigenvalue weighted by atomic mass is 10.2. The van der Waals surface area contributed by atoms with Gasteiger partial charge in [-0.05, 0) is 18.6 Å². The minimum Gasteiger partial charge on any atom is -0.489 e. The highest BCUT2D eigenvalue weighted by Gasteiger charge is 2.09. The topological polar surface area (TPSA) is 66.0 Å². The summed E-state index contributed by atoms with van der Waals surface area (Å²) < 4.78 is 7.27. The van der Waals surface area contributed by atoms with E-state index in [0.717, 1.165) is 12.1 Å². The van der Waals surface area contributed by atoms with E-state index >= 15 is 0 Å². The summed E-state index contributed by atoms with van der Waals surface area (Å²) in [6, 6.07) is 5.16. The molecule has 1 atom stereocenters. The van der Waals surface area contributed by atoms with Gasteiger partial charge in [-0.3, -0.25) is 0 Å². The van der Waals surface area contributed by atoms with Crippen LogP contribution in [0, 0.1) is 0 Å². The van der Waals surface area contributed by atoms with Crippen molar-refractivity contribution in [1.29, 1.82) is 0 Å². The zero-order valence-electron chi connectivity index (χ0n) is 11.1. The van der Waals surface area contributed by atoms with Crippen LogP contribution >= 0.6 is 23.2 Å². The van der Waals surface area contributed by atoms with E-state index < -0.39 is 0 Å². The first-order chi connectivity index (χ1) is 9.61. The van der Waals surface area contributed by atoms with E-state index in [4.69, 9.17) is 33.7 Å². The summed E-state index contributed by atoms with van der Waals surface area (Å²) in [5, 5.41) is 9.01. The summed E-state index contributed by atoms with van der Waals surface area (Å²) >= 11 is 12.0. The van der Waals surface area contributed by atoms with E-state index in [2.05, 4.69) is 10.3 Å². The van der Waals surface area contributed by atoms with Crippen LogP contribution in [0.5, 0.6) is 5.75 Å². The SMILES string of the molecule is CCC(N)c1cn(CCOc2c(Cl)cccc2Cl)nn1. The van der Waals surface area contributed by atoms with E-state index in [1.807, 2.05) is 13.1 Å². The van der Waals surface area contributed by atoms with Crippen molar-refractivity contribution >= 4 is 23.2 Å². The fourth-order valence-electron chi connectivity index (χ4n) is 1.66. The van der Waals surface area contributed by atoms with Gasteiger partial charge in [0.1, 0.15) is 6.61 Å². The van der Waals surface area contributed by atoms with Gasteiger partial charge in [-0.15, -0.1) is 5.10 Å². The third-order valence-corrected chi connectivity index (χ3v) is 3.46. The smallest absolute Gasteiger partial charge is 0.156 e. The number of para-hydroxylation sites is 1. The minimum atomic E-state index is -0.0809. The van der Waals surface area contributed by atoms with Crippen LogP contribution in [-0.2, 0) is 6.54 Å². The number of hydrogen-bond donors (Lipinski definition) is 1. The van der Waals surface area contributed by atoms with E-state index in [9.17, 15) is 0 Å². The van der Waals surface area contributed by atoms with Crippen LogP contribution in [0.2, 0.25) is 10.0 Å². The highest BCUT2D eigenvalue weighted by Crippen LogP contribution is 2.32. The highest BCUT2D eigenvalue weighted by molar-refractivity contribution is 6.37. The quantitative estimate of drug-likeness (QED) is 0.889. The van der Waals surface area contributed by atoms with Gasteiger partial charge in [0.25, 0.3) is 0 Å². The van der Waals surface area contributed by atoms with Crippen LogP contribution in [-0.4, -0.2) is 21.6 Å². The average Bonchev–Trinajstić information content (AvgIpc) is 2.90. The number of nitrogens with two attached hydrogens (primary N) is 1. The molecule has 20 heavy (non-hydrogen) atoms. The number of aromatic nitrogens is 3. The Kier molecular flexibility index (Phi) is 5.23. The van der Waals surface area contributed by atoms with Crippen LogP contribution in [0.15, 0.2) is 24.4 Å². The lowest BCUT2D eigenvalue weighted by Gasteiger charge is -2.09. The summed E-state index contributed by atoms with van der Waals surface area (Å²) in [5.41, 5.74) is 6.67. The fourth-order valence-corrected chi connectivity index (χ4v) is 2.17. The maximum absolute atomic E-state index is 6.01. The lowest BCUT2D eigenvalue weighted by molar-refractivity contribution is 0.290. The van der Waals surface area contributed by atoms with E-state index in [0.29, 0.717) is 28.9 Å². The second kappa shape index (κ2) is 6.92.